The first-order valence-corrected chi connectivity index (χ1v) is 12.5. The van der Waals surface area contributed by atoms with Gasteiger partial charge in [0, 0.05) is 37.8 Å². The highest BCUT2D eigenvalue weighted by atomic mass is 35.5. The smallest absolute Gasteiger partial charge is 0.409 e. The van der Waals surface area contributed by atoms with Gasteiger partial charge in [-0.1, -0.05) is 55.3 Å². The molecular weight excluding hydrogens is 470 g/mol. The molecule has 1 aliphatic heterocycles. The largest absolute Gasteiger partial charge is 0.449 e. The molecular formula is C25H30ClN5O4. The lowest BCUT2D eigenvalue weighted by Crippen LogP contribution is -2.56. The van der Waals surface area contributed by atoms with Gasteiger partial charge < -0.3 is 19.9 Å². The molecule has 4 rings (SSSR count). The standard InChI is InChI=1S/C25H30ClN5O4/c1-2-3-15-35-25(34)31-13-11-30(12-14-31)24(33)21(17-9-10-17)29-23(32)19-16-20(26)28-22(27-19)18-7-5-4-6-8-18/h4-8,16-17,21H,2-3,9-15H2,1H3,(H,29,32)/t21-/m0/s1. The molecule has 0 spiro atoms. The van der Waals surface area contributed by atoms with Crippen molar-refractivity contribution in [2.24, 2.45) is 5.92 Å². The number of rotatable bonds is 8. The van der Waals surface area contributed by atoms with Gasteiger partial charge in [-0.25, -0.2) is 14.8 Å². The van der Waals surface area contributed by atoms with E-state index in [1.807, 2.05) is 37.3 Å². The van der Waals surface area contributed by atoms with E-state index in [0.29, 0.717) is 38.6 Å². The molecule has 9 nitrogen and oxygen atoms in total. The Labute approximate surface area is 209 Å². The monoisotopic (exact) mass is 499 g/mol. The number of aromatic nitrogens is 2. The average Bonchev–Trinajstić information content (AvgIpc) is 3.72. The first-order valence-electron chi connectivity index (χ1n) is 12.1. The number of halogens is 1. The summed E-state index contributed by atoms with van der Waals surface area (Å²) in [4.78, 5) is 50.5. The summed E-state index contributed by atoms with van der Waals surface area (Å²) in [7, 11) is 0. The van der Waals surface area contributed by atoms with Gasteiger partial charge in [0.15, 0.2) is 5.82 Å². The Balaban J connectivity index is 1.39. The number of piperazine rings is 1. The minimum atomic E-state index is -0.639. The van der Waals surface area contributed by atoms with Crippen LogP contribution in [-0.2, 0) is 9.53 Å². The molecule has 0 bridgehead atoms. The number of benzene rings is 1. The number of nitrogens with one attached hydrogen (secondary N) is 1. The Morgan fingerprint density at radius 2 is 1.77 bits per heavy atom. The Morgan fingerprint density at radius 3 is 2.43 bits per heavy atom. The number of nitrogens with zero attached hydrogens (tertiary/aromatic N) is 4. The third-order valence-electron chi connectivity index (χ3n) is 6.18. The van der Waals surface area contributed by atoms with Gasteiger partial charge in [0.05, 0.1) is 6.61 Å². The second-order valence-electron chi connectivity index (χ2n) is 8.83. The second kappa shape index (κ2) is 11.5. The normalized spacial score (nSPS) is 16.5. The van der Waals surface area contributed by atoms with E-state index in [1.54, 1.807) is 9.80 Å². The lowest BCUT2D eigenvalue weighted by Gasteiger charge is -2.36. The molecule has 1 N–H and O–H groups in total. The third kappa shape index (κ3) is 6.48. The number of hydrogen-bond donors (Lipinski definition) is 1. The molecule has 1 saturated carbocycles. The fourth-order valence-corrected chi connectivity index (χ4v) is 4.16. The minimum absolute atomic E-state index is 0.0920. The fraction of sp³-hybridized carbons (Fsp3) is 0.480. The average molecular weight is 500 g/mol. The molecule has 1 aromatic carbocycles. The van der Waals surface area contributed by atoms with E-state index in [-0.39, 0.29) is 28.8 Å². The zero-order valence-electron chi connectivity index (χ0n) is 19.8. The summed E-state index contributed by atoms with van der Waals surface area (Å²) in [6, 6.07) is 10.0. The van der Waals surface area contributed by atoms with Crippen LogP contribution in [-0.4, -0.2) is 76.5 Å². The van der Waals surface area contributed by atoms with Crippen LogP contribution in [0.1, 0.15) is 43.1 Å². The predicted molar refractivity (Wildman–Crippen MR) is 131 cm³/mol. The number of amides is 3. The number of ether oxygens (including phenoxy) is 1. The summed E-state index contributed by atoms with van der Waals surface area (Å²) < 4.78 is 5.27. The topological polar surface area (TPSA) is 105 Å². The first-order chi connectivity index (χ1) is 17.0. The fourth-order valence-electron chi connectivity index (χ4n) is 3.98. The number of carbonyl (C=O) groups is 3. The van der Waals surface area contributed by atoms with Gasteiger partial charge in [-0.05, 0) is 25.2 Å². The SMILES string of the molecule is CCCCOC(=O)N1CCN(C(=O)[C@@H](NC(=O)c2cc(Cl)nc(-c3ccccc3)n2)C2CC2)CC1. The molecule has 2 fully saturated rings. The maximum absolute atomic E-state index is 13.3. The minimum Gasteiger partial charge on any atom is -0.449 e. The van der Waals surface area contributed by atoms with E-state index < -0.39 is 11.9 Å². The summed E-state index contributed by atoms with van der Waals surface area (Å²) >= 11 is 6.17. The van der Waals surface area contributed by atoms with Crippen LogP contribution in [0.5, 0.6) is 0 Å². The van der Waals surface area contributed by atoms with Crippen molar-refractivity contribution in [3.63, 3.8) is 0 Å². The highest BCUT2D eigenvalue weighted by Crippen LogP contribution is 2.34. The highest BCUT2D eigenvalue weighted by molar-refractivity contribution is 6.29. The lowest BCUT2D eigenvalue weighted by atomic mass is 10.1. The van der Waals surface area contributed by atoms with Gasteiger partial charge in [0.25, 0.3) is 5.91 Å². The van der Waals surface area contributed by atoms with Crippen LogP contribution in [0.3, 0.4) is 0 Å². The van der Waals surface area contributed by atoms with E-state index in [9.17, 15) is 14.4 Å². The summed E-state index contributed by atoms with van der Waals surface area (Å²) in [6.45, 7) is 4.06. The predicted octanol–water partition coefficient (Wildman–Crippen LogP) is 3.39. The van der Waals surface area contributed by atoms with Gasteiger partial charge >= 0.3 is 6.09 Å². The van der Waals surface area contributed by atoms with E-state index in [2.05, 4.69) is 15.3 Å². The van der Waals surface area contributed by atoms with Crippen molar-refractivity contribution in [1.82, 2.24) is 25.1 Å². The molecule has 1 atom stereocenters. The first kappa shape index (κ1) is 24.9. The zero-order valence-corrected chi connectivity index (χ0v) is 20.5. The molecule has 0 unspecified atom stereocenters. The van der Waals surface area contributed by atoms with Crippen molar-refractivity contribution >= 4 is 29.5 Å². The quantitative estimate of drug-likeness (QED) is 0.441. The summed E-state index contributed by atoms with van der Waals surface area (Å²) in [5.41, 5.74) is 0.854. The lowest BCUT2D eigenvalue weighted by molar-refractivity contribution is -0.135. The van der Waals surface area contributed by atoms with Gasteiger partial charge in [0.1, 0.15) is 16.9 Å². The molecule has 1 saturated heterocycles. The van der Waals surface area contributed by atoms with Crippen LogP contribution in [0.25, 0.3) is 11.4 Å². The van der Waals surface area contributed by atoms with Crippen LogP contribution >= 0.6 is 11.6 Å². The van der Waals surface area contributed by atoms with Crippen LogP contribution in [0.15, 0.2) is 36.4 Å². The number of unbranched alkanes of at least 4 members (excludes halogenated alkanes) is 1. The van der Waals surface area contributed by atoms with Crippen LogP contribution < -0.4 is 5.32 Å². The number of carbonyl (C=O) groups excluding carboxylic acids is 3. The van der Waals surface area contributed by atoms with Crippen LogP contribution in [0, 0.1) is 5.92 Å². The number of hydrogen-bond acceptors (Lipinski definition) is 6. The van der Waals surface area contributed by atoms with Gasteiger partial charge in [-0.3, -0.25) is 9.59 Å². The van der Waals surface area contributed by atoms with E-state index >= 15 is 0 Å². The molecule has 1 aliphatic carbocycles. The van der Waals surface area contributed by atoms with Crippen LogP contribution in [0.4, 0.5) is 4.79 Å². The zero-order chi connectivity index (χ0) is 24.8. The molecule has 186 valence electrons. The van der Waals surface area contributed by atoms with Gasteiger partial charge in [0.2, 0.25) is 5.91 Å². The van der Waals surface area contributed by atoms with Gasteiger partial charge in [-0.2, -0.15) is 0 Å². The Morgan fingerprint density at radius 1 is 1.09 bits per heavy atom. The summed E-state index contributed by atoms with van der Waals surface area (Å²) in [5, 5.41) is 3.04. The maximum Gasteiger partial charge on any atom is 0.409 e. The highest BCUT2D eigenvalue weighted by Gasteiger charge is 2.40. The van der Waals surface area contributed by atoms with Crippen molar-refractivity contribution in [3.8, 4) is 11.4 Å². The Hall–Kier alpha value is -3.20. The molecule has 2 aliphatic rings. The Kier molecular flexibility index (Phi) is 8.17. The molecule has 2 heterocycles. The molecule has 3 amide bonds. The molecule has 0 radical (unpaired) electrons. The van der Waals surface area contributed by atoms with Crippen molar-refractivity contribution in [2.45, 2.75) is 38.6 Å². The van der Waals surface area contributed by atoms with Crippen molar-refractivity contribution in [1.29, 1.82) is 0 Å². The molecule has 35 heavy (non-hydrogen) atoms. The molecule has 1 aromatic heterocycles. The maximum atomic E-state index is 13.3. The van der Waals surface area contributed by atoms with Crippen molar-refractivity contribution < 1.29 is 19.1 Å². The summed E-state index contributed by atoms with van der Waals surface area (Å²) in [5.74, 6) is -0.160. The van der Waals surface area contributed by atoms with Gasteiger partial charge in [-0.15, -0.1) is 0 Å². The van der Waals surface area contributed by atoms with E-state index in [4.69, 9.17) is 16.3 Å². The molecule has 10 heteroatoms. The van der Waals surface area contributed by atoms with Crippen LogP contribution in [0.2, 0.25) is 5.15 Å². The van der Waals surface area contributed by atoms with Crippen molar-refractivity contribution in [2.75, 3.05) is 32.8 Å². The van der Waals surface area contributed by atoms with E-state index in [1.165, 1.54) is 6.07 Å². The van der Waals surface area contributed by atoms with E-state index in [0.717, 1.165) is 31.2 Å². The third-order valence-corrected chi connectivity index (χ3v) is 6.37. The Bertz CT molecular complexity index is 1060. The van der Waals surface area contributed by atoms with Crippen molar-refractivity contribution in [3.05, 3.63) is 47.2 Å². The molecule has 2 aromatic rings. The summed E-state index contributed by atoms with van der Waals surface area (Å²) in [6.07, 6.45) is 3.20. The second-order valence-corrected chi connectivity index (χ2v) is 9.22.